The minimum Gasteiger partial charge on any atom is -0.480 e. The summed E-state index contributed by atoms with van der Waals surface area (Å²) in [6.07, 6.45) is -0.887. The summed E-state index contributed by atoms with van der Waals surface area (Å²) in [6.45, 7) is -0.398. The Morgan fingerprint density at radius 3 is 2.31 bits per heavy atom. The number of ether oxygens (including phenoxy) is 1. The van der Waals surface area contributed by atoms with Crippen molar-refractivity contribution in [3.05, 3.63) is 35.9 Å². The lowest BCUT2D eigenvalue weighted by Gasteiger charge is -2.19. The number of carbonyl (C=O) groups excluding carboxylic acids is 4. The van der Waals surface area contributed by atoms with Crippen LogP contribution in [0, 0.1) is 0 Å². The Bertz CT molecular complexity index is 910. The van der Waals surface area contributed by atoms with Gasteiger partial charge in [0.1, 0.15) is 18.7 Å². The Labute approximate surface area is 215 Å². The van der Waals surface area contributed by atoms with E-state index in [0.29, 0.717) is 6.42 Å². The van der Waals surface area contributed by atoms with Gasteiger partial charge in [-0.25, -0.2) is 9.59 Å². The van der Waals surface area contributed by atoms with Crippen molar-refractivity contribution in [2.45, 2.75) is 38.0 Å². The van der Waals surface area contributed by atoms with Gasteiger partial charge in [0, 0.05) is 6.54 Å². The van der Waals surface area contributed by atoms with Crippen molar-refractivity contribution in [1.82, 2.24) is 19.5 Å². The second-order valence-electron chi connectivity index (χ2n) is 7.11. The molecule has 0 saturated carbocycles. The van der Waals surface area contributed by atoms with Gasteiger partial charge in [-0.3, -0.25) is 22.9 Å². The van der Waals surface area contributed by atoms with E-state index in [4.69, 9.17) is 21.3 Å². The number of hydrogen-bond donors (Lipinski definition) is 7. The van der Waals surface area contributed by atoms with E-state index in [1.165, 1.54) is 0 Å². The largest absolute Gasteiger partial charge is 0.480 e. The van der Waals surface area contributed by atoms with Crippen LogP contribution >= 0.6 is 22.9 Å². The van der Waals surface area contributed by atoms with Crippen LogP contribution in [0.5, 0.6) is 0 Å². The quantitative estimate of drug-likeness (QED) is 0.0447. The number of carbonyl (C=O) groups is 5. The van der Waals surface area contributed by atoms with Crippen molar-refractivity contribution in [1.29, 1.82) is 0 Å². The number of aliphatic carboxylic acids is 1. The Balaban J connectivity index is 2.67. The summed E-state index contributed by atoms with van der Waals surface area (Å²) in [5, 5.41) is 16.0. The highest BCUT2D eigenvalue weighted by atomic mass is 127. The first-order valence-electron chi connectivity index (χ1n) is 10.3. The van der Waals surface area contributed by atoms with E-state index < -0.39 is 54.8 Å². The van der Waals surface area contributed by atoms with Gasteiger partial charge in [0.25, 0.3) is 0 Å². The highest BCUT2D eigenvalue weighted by molar-refractivity contribution is 14.1. The number of nitrogens with two attached hydrogens (primary N) is 2. The molecule has 2 atom stereocenters. The number of hydrogen-bond acceptors (Lipinski definition) is 7. The molecule has 0 fully saturated rings. The maximum atomic E-state index is 12.6. The molecular weight excluding hydrogens is 577 g/mol. The standard InChI is InChI=1S/C20H28IN7O7/c21-28-15(29)9-14(18(32)33)26-16(30)10-25-17(31)13(7-4-8-24-19(22)23)27-20(34)35-11-12-5-2-1-3-6-12/h1-3,5-6,13-14H,4,7-11H2,(H,25,31)(H,26,30)(H,27,34)(H,28,29)(H,32,33)(H4,22,23,24). The molecule has 0 aliphatic carbocycles. The molecule has 35 heavy (non-hydrogen) atoms. The van der Waals surface area contributed by atoms with Crippen LogP contribution in [0.1, 0.15) is 24.8 Å². The first-order chi connectivity index (χ1) is 16.6. The third-order valence-electron chi connectivity index (χ3n) is 4.32. The Hall–Kier alpha value is -3.63. The SMILES string of the molecule is NC(N)=NCCCC(NC(=O)OCc1ccccc1)C(=O)NCC(=O)NC(CC(=O)NI)C(=O)O. The number of carboxylic acid groups (broad SMARTS) is 1. The van der Waals surface area contributed by atoms with Crippen LogP contribution in [0.15, 0.2) is 35.3 Å². The van der Waals surface area contributed by atoms with Crippen molar-refractivity contribution in [2.24, 2.45) is 16.5 Å². The van der Waals surface area contributed by atoms with E-state index >= 15 is 0 Å². The lowest BCUT2D eigenvalue weighted by molar-refractivity contribution is -0.143. The number of nitrogens with zero attached hydrogens (tertiary/aromatic N) is 1. The molecule has 0 bridgehead atoms. The van der Waals surface area contributed by atoms with Crippen LogP contribution in [-0.4, -0.2) is 66.0 Å². The van der Waals surface area contributed by atoms with Crippen LogP contribution in [0.4, 0.5) is 4.79 Å². The molecule has 4 amide bonds. The molecule has 0 spiro atoms. The van der Waals surface area contributed by atoms with Crippen molar-refractivity contribution in [2.75, 3.05) is 13.1 Å². The predicted octanol–water partition coefficient (Wildman–Crippen LogP) is -1.12. The Kier molecular flexibility index (Phi) is 13.5. The zero-order valence-corrected chi connectivity index (χ0v) is 20.8. The normalized spacial score (nSPS) is 11.8. The number of amides is 4. The van der Waals surface area contributed by atoms with Crippen molar-refractivity contribution in [3.63, 3.8) is 0 Å². The average molecular weight is 605 g/mol. The first-order valence-corrected chi connectivity index (χ1v) is 11.4. The number of aliphatic imine (C=N–C) groups is 1. The van der Waals surface area contributed by atoms with E-state index in [-0.39, 0.29) is 25.5 Å². The van der Waals surface area contributed by atoms with Crippen molar-refractivity contribution >= 4 is 58.6 Å². The minimum absolute atomic E-state index is 0.0151. The fourth-order valence-electron chi connectivity index (χ4n) is 2.64. The lowest BCUT2D eigenvalue weighted by atomic mass is 10.1. The van der Waals surface area contributed by atoms with Crippen LogP contribution in [0.25, 0.3) is 0 Å². The Morgan fingerprint density at radius 2 is 1.71 bits per heavy atom. The van der Waals surface area contributed by atoms with Gasteiger partial charge in [-0.2, -0.15) is 0 Å². The molecule has 1 rings (SSSR count). The van der Waals surface area contributed by atoms with E-state index in [2.05, 4.69) is 24.5 Å². The van der Waals surface area contributed by atoms with Crippen molar-refractivity contribution < 1.29 is 33.8 Å². The van der Waals surface area contributed by atoms with Crippen LogP contribution < -0.4 is 30.9 Å². The molecule has 192 valence electrons. The maximum Gasteiger partial charge on any atom is 0.408 e. The highest BCUT2D eigenvalue weighted by Crippen LogP contribution is 2.03. The minimum atomic E-state index is -1.48. The van der Waals surface area contributed by atoms with E-state index in [1.54, 1.807) is 47.1 Å². The third kappa shape index (κ3) is 13.0. The first kappa shape index (κ1) is 29.4. The van der Waals surface area contributed by atoms with Gasteiger partial charge < -0.3 is 37.3 Å². The summed E-state index contributed by atoms with van der Waals surface area (Å²) in [6, 6.07) is 6.35. The molecule has 0 aliphatic rings. The average Bonchev–Trinajstić information content (AvgIpc) is 2.82. The van der Waals surface area contributed by atoms with Gasteiger partial charge >= 0.3 is 12.1 Å². The topological polar surface area (TPSA) is 227 Å². The Morgan fingerprint density at radius 1 is 1.03 bits per heavy atom. The van der Waals surface area contributed by atoms with Gasteiger partial charge in [0.05, 0.1) is 35.8 Å². The fraction of sp³-hybridized carbons (Fsp3) is 0.400. The number of benzene rings is 1. The molecule has 2 unspecified atom stereocenters. The molecule has 0 aromatic heterocycles. The second-order valence-corrected chi connectivity index (χ2v) is 7.64. The van der Waals surface area contributed by atoms with Gasteiger partial charge in [0.15, 0.2) is 5.96 Å². The smallest absolute Gasteiger partial charge is 0.408 e. The molecule has 15 heteroatoms. The zero-order chi connectivity index (χ0) is 26.2. The summed E-state index contributed by atoms with van der Waals surface area (Å²) >= 11 is 1.54. The van der Waals surface area contributed by atoms with Crippen molar-refractivity contribution in [3.8, 4) is 0 Å². The molecule has 0 heterocycles. The summed E-state index contributed by atoms with van der Waals surface area (Å²) < 4.78 is 7.35. The zero-order valence-electron chi connectivity index (χ0n) is 18.7. The summed E-state index contributed by atoms with van der Waals surface area (Å²) in [7, 11) is 0. The van der Waals surface area contributed by atoms with Crippen LogP contribution in [0.2, 0.25) is 0 Å². The van der Waals surface area contributed by atoms with E-state index in [1.807, 2.05) is 6.07 Å². The molecule has 9 N–H and O–H groups in total. The van der Waals surface area contributed by atoms with Crippen LogP contribution in [0.3, 0.4) is 0 Å². The van der Waals surface area contributed by atoms with Gasteiger partial charge in [-0.15, -0.1) is 0 Å². The summed E-state index contributed by atoms with van der Waals surface area (Å²) in [5.74, 6) is -3.68. The van der Waals surface area contributed by atoms with Gasteiger partial charge in [-0.1, -0.05) is 30.3 Å². The fourth-order valence-corrected chi connectivity index (χ4v) is 2.86. The van der Waals surface area contributed by atoms with Gasteiger partial charge in [-0.05, 0) is 18.4 Å². The molecule has 14 nitrogen and oxygen atoms in total. The number of rotatable bonds is 14. The molecule has 0 aliphatic heterocycles. The highest BCUT2D eigenvalue weighted by Gasteiger charge is 2.25. The number of nitrogens with one attached hydrogen (secondary N) is 4. The molecular formula is C20H28IN7O7. The monoisotopic (exact) mass is 605 g/mol. The van der Waals surface area contributed by atoms with Gasteiger partial charge in [0.2, 0.25) is 17.7 Å². The summed E-state index contributed by atoms with van der Waals surface area (Å²) in [4.78, 5) is 63.3. The lowest BCUT2D eigenvalue weighted by Crippen LogP contribution is -2.51. The summed E-state index contributed by atoms with van der Waals surface area (Å²) in [5.41, 5.74) is 11.3. The number of carboxylic acids is 1. The maximum absolute atomic E-state index is 12.6. The molecule has 1 aromatic carbocycles. The number of guanidine groups is 1. The second kappa shape index (κ2) is 16.1. The molecule has 0 saturated heterocycles. The van der Waals surface area contributed by atoms with Crippen LogP contribution in [-0.2, 0) is 30.5 Å². The molecule has 1 aromatic rings. The van der Waals surface area contributed by atoms with E-state index in [9.17, 15) is 24.0 Å². The van der Waals surface area contributed by atoms with E-state index in [0.717, 1.165) is 5.56 Å². The number of halogens is 1. The predicted molar refractivity (Wildman–Crippen MR) is 133 cm³/mol. The molecule has 0 radical (unpaired) electrons. The third-order valence-corrected chi connectivity index (χ3v) is 4.92. The number of alkyl carbamates (subject to hydrolysis) is 1.